The van der Waals surface area contributed by atoms with Crippen LogP contribution in [0.5, 0.6) is 5.75 Å². The highest BCUT2D eigenvalue weighted by atomic mass is 127. The Morgan fingerprint density at radius 3 is 2.96 bits per heavy atom. The van der Waals surface area contributed by atoms with Gasteiger partial charge in [-0.3, -0.25) is 4.90 Å². The zero-order valence-electron chi connectivity index (χ0n) is 15.5. The average molecular weight is 489 g/mol. The highest BCUT2D eigenvalue weighted by Gasteiger charge is 2.10. The van der Waals surface area contributed by atoms with Crippen molar-refractivity contribution < 1.29 is 9.47 Å². The van der Waals surface area contributed by atoms with Gasteiger partial charge in [0.1, 0.15) is 17.9 Å². The summed E-state index contributed by atoms with van der Waals surface area (Å²) in [4.78, 5) is 11.2. The van der Waals surface area contributed by atoms with Gasteiger partial charge in [-0.1, -0.05) is 6.07 Å². The van der Waals surface area contributed by atoms with Gasteiger partial charge in [0.15, 0.2) is 0 Å². The van der Waals surface area contributed by atoms with Crippen LogP contribution in [0.25, 0.3) is 10.9 Å². The summed E-state index contributed by atoms with van der Waals surface area (Å²) in [6.45, 7) is 5.38. The van der Waals surface area contributed by atoms with Crippen LogP contribution in [0.2, 0.25) is 0 Å². The molecule has 1 aliphatic rings. The van der Waals surface area contributed by atoms with Crippen LogP contribution in [0, 0.1) is 9.64 Å². The number of benzene rings is 2. The van der Waals surface area contributed by atoms with Gasteiger partial charge in [0.25, 0.3) is 0 Å². The van der Waals surface area contributed by atoms with Crippen molar-refractivity contribution in [1.82, 2.24) is 14.9 Å². The molecule has 6 nitrogen and oxygen atoms in total. The number of nitrogens with one attached hydrogen (secondary N) is 1. The topological polar surface area (TPSA) is 59.5 Å². The molecule has 1 N–H and O–H groups in total. The van der Waals surface area contributed by atoms with Crippen molar-refractivity contribution in [1.29, 1.82) is 0 Å². The van der Waals surface area contributed by atoms with E-state index in [9.17, 15) is 0 Å². The first kappa shape index (κ1) is 19.4. The molecule has 4 rings (SSSR count). The van der Waals surface area contributed by atoms with Gasteiger partial charge in [-0.2, -0.15) is 0 Å². The summed E-state index contributed by atoms with van der Waals surface area (Å²) in [6, 6.07) is 15.2. The lowest BCUT2D eigenvalue weighted by atomic mass is 10.2. The van der Waals surface area contributed by atoms with Crippen LogP contribution in [-0.2, 0) is 4.74 Å². The summed E-state index contributed by atoms with van der Waals surface area (Å²) < 4.78 is 12.4. The molecule has 0 saturated carbocycles. The fourth-order valence-corrected chi connectivity index (χ4v) is 3.70. The largest absolute Gasteiger partial charge is 0.493 e. The van der Waals surface area contributed by atoms with Crippen molar-refractivity contribution in [2.75, 3.05) is 44.8 Å². The van der Waals surface area contributed by atoms with Gasteiger partial charge in [0.05, 0.1) is 25.3 Å². The number of ether oxygens (including phenoxy) is 2. The molecule has 0 spiro atoms. The van der Waals surface area contributed by atoms with E-state index in [1.54, 1.807) is 6.33 Å². The van der Waals surface area contributed by atoms with Gasteiger partial charge in [-0.05, 0) is 53.3 Å². The molecule has 0 atom stereocenters. The minimum Gasteiger partial charge on any atom is -0.493 e. The molecule has 1 radical (unpaired) electrons. The third-order valence-corrected chi connectivity index (χ3v) is 5.28. The molecule has 2 aromatic carbocycles. The molecule has 0 amide bonds. The Kier molecular flexibility index (Phi) is 6.56. The van der Waals surface area contributed by atoms with Crippen LogP contribution < -0.4 is 10.1 Å². The van der Waals surface area contributed by atoms with E-state index in [0.29, 0.717) is 12.4 Å². The molecule has 28 heavy (non-hydrogen) atoms. The van der Waals surface area contributed by atoms with Gasteiger partial charge in [-0.15, -0.1) is 0 Å². The van der Waals surface area contributed by atoms with Gasteiger partial charge in [-0.25, -0.2) is 9.97 Å². The van der Waals surface area contributed by atoms with Crippen molar-refractivity contribution in [2.45, 2.75) is 6.42 Å². The second-order valence-electron chi connectivity index (χ2n) is 6.61. The Balaban J connectivity index is 1.38. The van der Waals surface area contributed by atoms with Crippen molar-refractivity contribution in [3.8, 4) is 5.75 Å². The predicted molar refractivity (Wildman–Crippen MR) is 118 cm³/mol. The summed E-state index contributed by atoms with van der Waals surface area (Å²) >= 11 is 2.30. The van der Waals surface area contributed by atoms with Crippen LogP contribution >= 0.6 is 22.6 Å². The first-order chi connectivity index (χ1) is 13.8. The van der Waals surface area contributed by atoms with E-state index in [2.05, 4.69) is 61.0 Å². The van der Waals surface area contributed by atoms with Crippen molar-refractivity contribution in [3.05, 3.63) is 52.4 Å². The van der Waals surface area contributed by atoms with Crippen LogP contribution in [0.3, 0.4) is 0 Å². The standard InChI is InChI=1S/C21H22IN4O2/c22-16-3-1-4-17(13-16)25-21-19-6-5-18(14-20(19)23-15-24-21)28-10-2-7-26-8-11-27-12-9-26/h1,3-4,6,13-15H,2,7-12H2,(H,23,24,25). The Morgan fingerprint density at radius 2 is 2.11 bits per heavy atom. The van der Waals surface area contributed by atoms with Crippen molar-refractivity contribution in [3.63, 3.8) is 0 Å². The number of morpholine rings is 1. The van der Waals surface area contributed by atoms with E-state index in [4.69, 9.17) is 9.47 Å². The molecule has 145 valence electrons. The lowest BCUT2D eigenvalue weighted by Gasteiger charge is -2.26. The van der Waals surface area contributed by atoms with Gasteiger partial charge in [0.2, 0.25) is 0 Å². The smallest absolute Gasteiger partial charge is 0.141 e. The maximum Gasteiger partial charge on any atom is 0.141 e. The van der Waals surface area contributed by atoms with E-state index in [1.807, 2.05) is 24.3 Å². The molecule has 1 aromatic heterocycles. The molecule has 0 bridgehead atoms. The van der Waals surface area contributed by atoms with Crippen LogP contribution in [0.4, 0.5) is 11.5 Å². The van der Waals surface area contributed by atoms with E-state index in [1.165, 1.54) is 3.57 Å². The fourth-order valence-electron chi connectivity index (χ4n) is 3.16. The van der Waals surface area contributed by atoms with Gasteiger partial charge >= 0.3 is 0 Å². The second-order valence-corrected chi connectivity index (χ2v) is 7.86. The normalized spacial score (nSPS) is 14.9. The zero-order chi connectivity index (χ0) is 19.2. The van der Waals surface area contributed by atoms with Gasteiger partial charge < -0.3 is 14.8 Å². The second kappa shape index (κ2) is 9.49. The molecule has 3 aromatic rings. The van der Waals surface area contributed by atoms with E-state index >= 15 is 0 Å². The van der Waals surface area contributed by atoms with E-state index in [-0.39, 0.29) is 0 Å². The molecule has 1 fully saturated rings. The molecule has 7 heteroatoms. The van der Waals surface area contributed by atoms with Crippen molar-refractivity contribution in [2.24, 2.45) is 0 Å². The summed E-state index contributed by atoms with van der Waals surface area (Å²) in [6.07, 6.45) is 2.55. The maximum absolute atomic E-state index is 5.88. The summed E-state index contributed by atoms with van der Waals surface area (Å²) in [5, 5.41) is 4.28. The number of rotatable bonds is 7. The maximum atomic E-state index is 5.88. The fraction of sp³-hybridized carbons (Fsp3) is 0.333. The van der Waals surface area contributed by atoms with Crippen LogP contribution in [0.15, 0.2) is 42.7 Å². The number of nitrogens with zero attached hydrogens (tertiary/aromatic N) is 3. The van der Waals surface area contributed by atoms with E-state index < -0.39 is 0 Å². The predicted octanol–water partition coefficient (Wildman–Crippen LogP) is 3.88. The van der Waals surface area contributed by atoms with Gasteiger partial charge in [0, 0.05) is 46.4 Å². The molecule has 2 heterocycles. The molecular formula is C21H22IN4O2. The molecule has 0 aliphatic carbocycles. The minimum absolute atomic E-state index is 0.665. The number of anilines is 2. The Morgan fingerprint density at radius 1 is 1.21 bits per heavy atom. The average Bonchev–Trinajstić information content (AvgIpc) is 2.72. The Hall–Kier alpha value is -1.97. The monoisotopic (exact) mass is 489 g/mol. The quantitative estimate of drug-likeness (QED) is 0.402. The summed E-state index contributed by atoms with van der Waals surface area (Å²) in [7, 11) is 0. The molecule has 1 saturated heterocycles. The van der Waals surface area contributed by atoms with Crippen molar-refractivity contribution >= 4 is 45.0 Å². The minimum atomic E-state index is 0.665. The number of fused-ring (bicyclic) bond motifs is 1. The first-order valence-corrected chi connectivity index (χ1v) is 10.5. The number of aromatic nitrogens is 2. The molecule has 0 unspecified atom stereocenters. The highest BCUT2D eigenvalue weighted by molar-refractivity contribution is 14.1. The highest BCUT2D eigenvalue weighted by Crippen LogP contribution is 2.26. The lowest BCUT2D eigenvalue weighted by Crippen LogP contribution is -2.37. The number of hydrogen-bond acceptors (Lipinski definition) is 6. The summed E-state index contributed by atoms with van der Waals surface area (Å²) in [5.74, 6) is 1.48. The SMILES string of the molecule is Ic1cccc(Nc2ncnc3cc(OCCCN4CCOCC4)[c]cc23)c1. The molecular weight excluding hydrogens is 467 g/mol. The summed E-state index contributed by atoms with van der Waals surface area (Å²) in [5.41, 5.74) is 1.83. The Labute approximate surface area is 178 Å². The van der Waals surface area contributed by atoms with E-state index in [0.717, 1.165) is 61.7 Å². The molecule has 1 aliphatic heterocycles. The first-order valence-electron chi connectivity index (χ1n) is 9.40. The third-order valence-electron chi connectivity index (χ3n) is 4.61. The third kappa shape index (κ3) is 5.09. The van der Waals surface area contributed by atoms with Crippen LogP contribution in [0.1, 0.15) is 6.42 Å². The lowest BCUT2D eigenvalue weighted by molar-refractivity contribution is 0.0358. The number of hydrogen-bond donors (Lipinski definition) is 1. The van der Waals surface area contributed by atoms with Crippen LogP contribution in [-0.4, -0.2) is 54.3 Å². The Bertz CT molecular complexity index is 931. The zero-order valence-corrected chi connectivity index (χ0v) is 17.7. The number of halogens is 1.